The SMILES string of the molecule is CCOc1cc(Br)c(CNCc2ccc(OC)cc2)cc1OCC. The number of ether oxygens (including phenoxy) is 3. The Kier molecular flexibility index (Phi) is 7.40. The molecule has 0 spiro atoms. The number of rotatable bonds is 9. The molecule has 2 aromatic rings. The highest BCUT2D eigenvalue weighted by Crippen LogP contribution is 2.34. The molecule has 0 aliphatic carbocycles. The lowest BCUT2D eigenvalue weighted by molar-refractivity contribution is 0.287. The molecule has 0 fully saturated rings. The average molecular weight is 394 g/mol. The van der Waals surface area contributed by atoms with E-state index in [2.05, 4.69) is 33.4 Å². The minimum absolute atomic E-state index is 0.612. The molecule has 130 valence electrons. The van der Waals surface area contributed by atoms with Crippen molar-refractivity contribution in [2.45, 2.75) is 26.9 Å². The van der Waals surface area contributed by atoms with E-state index in [0.29, 0.717) is 13.2 Å². The smallest absolute Gasteiger partial charge is 0.162 e. The van der Waals surface area contributed by atoms with Crippen molar-refractivity contribution < 1.29 is 14.2 Å². The summed E-state index contributed by atoms with van der Waals surface area (Å²) in [6.45, 7) is 6.68. The first-order chi connectivity index (χ1) is 11.7. The van der Waals surface area contributed by atoms with Crippen molar-refractivity contribution in [3.63, 3.8) is 0 Å². The molecule has 0 aliphatic rings. The summed E-state index contributed by atoms with van der Waals surface area (Å²) in [6.07, 6.45) is 0. The van der Waals surface area contributed by atoms with Gasteiger partial charge in [0.1, 0.15) is 5.75 Å². The average Bonchev–Trinajstić information content (AvgIpc) is 2.59. The molecule has 0 aromatic heterocycles. The van der Waals surface area contributed by atoms with Gasteiger partial charge >= 0.3 is 0 Å². The van der Waals surface area contributed by atoms with Gasteiger partial charge in [0.05, 0.1) is 20.3 Å². The molecule has 0 atom stereocenters. The molecule has 5 heteroatoms. The molecular formula is C19H24BrNO3. The summed E-state index contributed by atoms with van der Waals surface area (Å²) in [5.41, 5.74) is 2.35. The molecule has 0 saturated heterocycles. The van der Waals surface area contributed by atoms with E-state index in [4.69, 9.17) is 14.2 Å². The molecule has 0 amide bonds. The Hall–Kier alpha value is -1.72. The van der Waals surface area contributed by atoms with Crippen LogP contribution in [0.25, 0.3) is 0 Å². The highest BCUT2D eigenvalue weighted by molar-refractivity contribution is 9.10. The molecule has 1 N–H and O–H groups in total. The van der Waals surface area contributed by atoms with Crippen LogP contribution in [0.4, 0.5) is 0 Å². The number of methoxy groups -OCH3 is 1. The van der Waals surface area contributed by atoms with Gasteiger partial charge in [-0.2, -0.15) is 0 Å². The highest BCUT2D eigenvalue weighted by Gasteiger charge is 2.10. The van der Waals surface area contributed by atoms with Crippen LogP contribution in [0.3, 0.4) is 0 Å². The second-order valence-electron chi connectivity index (χ2n) is 5.21. The maximum absolute atomic E-state index is 5.69. The Balaban J connectivity index is 2.01. The number of nitrogens with one attached hydrogen (secondary N) is 1. The van der Waals surface area contributed by atoms with Crippen molar-refractivity contribution in [2.24, 2.45) is 0 Å². The number of hydrogen-bond acceptors (Lipinski definition) is 4. The van der Waals surface area contributed by atoms with E-state index in [1.165, 1.54) is 5.56 Å². The lowest BCUT2D eigenvalue weighted by atomic mass is 10.1. The van der Waals surface area contributed by atoms with Gasteiger partial charge in [0, 0.05) is 17.6 Å². The molecule has 0 bridgehead atoms. The Labute approximate surface area is 152 Å². The van der Waals surface area contributed by atoms with Crippen molar-refractivity contribution in [3.8, 4) is 17.2 Å². The predicted octanol–water partition coefficient (Wildman–Crippen LogP) is 4.54. The lowest BCUT2D eigenvalue weighted by Crippen LogP contribution is -2.13. The van der Waals surface area contributed by atoms with Crippen LogP contribution in [0.2, 0.25) is 0 Å². The van der Waals surface area contributed by atoms with Crippen LogP contribution in [-0.4, -0.2) is 20.3 Å². The van der Waals surface area contributed by atoms with E-state index in [0.717, 1.165) is 40.4 Å². The summed E-state index contributed by atoms with van der Waals surface area (Å²) in [5.74, 6) is 2.42. The zero-order valence-corrected chi connectivity index (χ0v) is 16.0. The monoisotopic (exact) mass is 393 g/mol. The predicted molar refractivity (Wildman–Crippen MR) is 100 cm³/mol. The van der Waals surface area contributed by atoms with Crippen molar-refractivity contribution in [1.82, 2.24) is 5.32 Å². The van der Waals surface area contributed by atoms with Gasteiger partial charge in [0.25, 0.3) is 0 Å². The third kappa shape index (κ3) is 5.14. The van der Waals surface area contributed by atoms with Crippen LogP contribution in [0, 0.1) is 0 Å². The largest absolute Gasteiger partial charge is 0.497 e. The number of benzene rings is 2. The second kappa shape index (κ2) is 9.55. The fourth-order valence-corrected chi connectivity index (χ4v) is 2.80. The summed E-state index contributed by atoms with van der Waals surface area (Å²) in [6, 6.07) is 12.1. The Bertz CT molecular complexity index is 644. The Morgan fingerprint density at radius 1 is 0.917 bits per heavy atom. The fraction of sp³-hybridized carbons (Fsp3) is 0.368. The van der Waals surface area contributed by atoms with Crippen molar-refractivity contribution in [3.05, 3.63) is 52.0 Å². The molecule has 0 aliphatic heterocycles. The Morgan fingerprint density at radius 2 is 1.54 bits per heavy atom. The number of halogens is 1. The summed E-state index contributed by atoms with van der Waals surface area (Å²) in [7, 11) is 1.67. The van der Waals surface area contributed by atoms with Gasteiger partial charge in [0.2, 0.25) is 0 Å². The third-order valence-corrected chi connectivity index (χ3v) is 4.25. The standard InChI is InChI=1S/C19H24BrNO3/c1-4-23-18-10-15(17(20)11-19(18)24-5-2)13-21-12-14-6-8-16(22-3)9-7-14/h6-11,21H,4-5,12-13H2,1-3H3. The molecule has 0 radical (unpaired) electrons. The van der Waals surface area contributed by atoms with Gasteiger partial charge in [0.15, 0.2) is 11.5 Å². The molecule has 0 saturated carbocycles. The zero-order chi connectivity index (χ0) is 17.4. The highest BCUT2D eigenvalue weighted by atomic mass is 79.9. The van der Waals surface area contributed by atoms with E-state index in [1.54, 1.807) is 7.11 Å². The maximum Gasteiger partial charge on any atom is 0.162 e. The van der Waals surface area contributed by atoms with Crippen LogP contribution < -0.4 is 19.5 Å². The van der Waals surface area contributed by atoms with E-state index in [-0.39, 0.29) is 0 Å². The normalized spacial score (nSPS) is 10.5. The van der Waals surface area contributed by atoms with Crippen LogP contribution in [0.5, 0.6) is 17.2 Å². The van der Waals surface area contributed by atoms with Gasteiger partial charge in [-0.25, -0.2) is 0 Å². The maximum atomic E-state index is 5.69. The summed E-state index contributed by atoms with van der Waals surface area (Å²) in [5, 5.41) is 3.45. The van der Waals surface area contributed by atoms with Gasteiger partial charge in [-0.1, -0.05) is 28.1 Å². The van der Waals surface area contributed by atoms with Crippen LogP contribution >= 0.6 is 15.9 Å². The molecule has 0 unspecified atom stereocenters. The van der Waals surface area contributed by atoms with Crippen molar-refractivity contribution in [2.75, 3.05) is 20.3 Å². The quantitative estimate of drug-likeness (QED) is 0.678. The third-order valence-electron chi connectivity index (χ3n) is 3.52. The first-order valence-corrected chi connectivity index (χ1v) is 8.88. The fourth-order valence-electron chi connectivity index (χ4n) is 2.33. The first kappa shape index (κ1) is 18.6. The van der Waals surface area contributed by atoms with Gasteiger partial charge in [-0.3, -0.25) is 0 Å². The van der Waals surface area contributed by atoms with Crippen LogP contribution in [0.15, 0.2) is 40.9 Å². The van der Waals surface area contributed by atoms with Crippen LogP contribution in [-0.2, 0) is 13.1 Å². The molecular weight excluding hydrogens is 370 g/mol. The molecule has 2 aromatic carbocycles. The van der Waals surface area contributed by atoms with Crippen molar-refractivity contribution >= 4 is 15.9 Å². The Morgan fingerprint density at radius 3 is 2.12 bits per heavy atom. The van der Waals surface area contributed by atoms with Gasteiger partial charge in [-0.15, -0.1) is 0 Å². The number of hydrogen-bond donors (Lipinski definition) is 1. The van der Waals surface area contributed by atoms with E-state index in [9.17, 15) is 0 Å². The topological polar surface area (TPSA) is 39.7 Å². The van der Waals surface area contributed by atoms with E-state index in [1.807, 2.05) is 38.1 Å². The van der Waals surface area contributed by atoms with Gasteiger partial charge in [-0.05, 0) is 49.2 Å². The minimum Gasteiger partial charge on any atom is -0.497 e. The summed E-state index contributed by atoms with van der Waals surface area (Å²) in [4.78, 5) is 0. The van der Waals surface area contributed by atoms with E-state index >= 15 is 0 Å². The van der Waals surface area contributed by atoms with Crippen LogP contribution in [0.1, 0.15) is 25.0 Å². The van der Waals surface area contributed by atoms with E-state index < -0.39 is 0 Å². The zero-order valence-electron chi connectivity index (χ0n) is 14.4. The summed E-state index contributed by atoms with van der Waals surface area (Å²) >= 11 is 3.62. The molecule has 4 nitrogen and oxygen atoms in total. The summed E-state index contributed by atoms with van der Waals surface area (Å²) < 4.78 is 17.5. The molecule has 2 rings (SSSR count). The second-order valence-corrected chi connectivity index (χ2v) is 6.06. The van der Waals surface area contributed by atoms with Gasteiger partial charge < -0.3 is 19.5 Å². The molecule has 24 heavy (non-hydrogen) atoms. The van der Waals surface area contributed by atoms with Crippen molar-refractivity contribution in [1.29, 1.82) is 0 Å². The first-order valence-electron chi connectivity index (χ1n) is 8.09. The molecule has 0 heterocycles. The lowest BCUT2D eigenvalue weighted by Gasteiger charge is -2.15. The minimum atomic E-state index is 0.612.